The second kappa shape index (κ2) is 8.41. The number of nitrogens with one attached hydrogen (secondary N) is 1. The summed E-state index contributed by atoms with van der Waals surface area (Å²) in [6.45, 7) is 0.693. The van der Waals surface area contributed by atoms with Gasteiger partial charge in [0.15, 0.2) is 11.5 Å². The lowest BCUT2D eigenvalue weighted by Crippen LogP contribution is -2.28. The summed E-state index contributed by atoms with van der Waals surface area (Å²) in [4.78, 5) is 29.9. The van der Waals surface area contributed by atoms with E-state index in [0.29, 0.717) is 34.6 Å². The summed E-state index contributed by atoms with van der Waals surface area (Å²) in [5, 5.41) is 3.31. The SMILES string of the molecule is COc1cccc(C=CC(=O)Nc2ccc3nc4n(c(=O)c3c2)CCCC4)c1OC. The Morgan fingerprint density at radius 2 is 2.03 bits per heavy atom. The van der Waals surface area contributed by atoms with Crippen LogP contribution in [0, 0.1) is 0 Å². The Kier molecular flexibility index (Phi) is 5.52. The highest BCUT2D eigenvalue weighted by molar-refractivity contribution is 6.03. The largest absolute Gasteiger partial charge is 0.493 e. The molecule has 1 aromatic heterocycles. The number of nitrogens with zero attached hydrogens (tertiary/aromatic N) is 2. The number of carbonyl (C=O) groups excluding carboxylic acids is 1. The predicted octanol–water partition coefficient (Wildman–Crippen LogP) is 3.40. The van der Waals surface area contributed by atoms with Gasteiger partial charge in [0.1, 0.15) is 5.82 Å². The van der Waals surface area contributed by atoms with Crippen LogP contribution in [0.4, 0.5) is 5.69 Å². The molecule has 0 atom stereocenters. The fourth-order valence-electron chi connectivity index (χ4n) is 3.71. The smallest absolute Gasteiger partial charge is 0.261 e. The summed E-state index contributed by atoms with van der Waals surface area (Å²) >= 11 is 0. The Hall–Kier alpha value is -3.61. The molecule has 4 rings (SSSR count). The Morgan fingerprint density at radius 1 is 1.17 bits per heavy atom. The van der Waals surface area contributed by atoms with Crippen molar-refractivity contribution in [2.24, 2.45) is 0 Å². The molecule has 0 spiro atoms. The van der Waals surface area contributed by atoms with E-state index in [2.05, 4.69) is 10.3 Å². The highest BCUT2D eigenvalue weighted by atomic mass is 16.5. The molecule has 3 aromatic rings. The molecule has 154 valence electrons. The average molecular weight is 405 g/mol. The molecular formula is C23H23N3O4. The minimum absolute atomic E-state index is 0.0533. The van der Waals surface area contributed by atoms with Gasteiger partial charge in [-0.3, -0.25) is 14.2 Å². The Balaban J connectivity index is 1.57. The van der Waals surface area contributed by atoms with Crippen LogP contribution in [0.2, 0.25) is 0 Å². The molecule has 0 radical (unpaired) electrons. The van der Waals surface area contributed by atoms with Crippen molar-refractivity contribution in [2.75, 3.05) is 19.5 Å². The summed E-state index contributed by atoms with van der Waals surface area (Å²) in [6.07, 6.45) is 5.93. The molecule has 0 unspecified atom stereocenters. The van der Waals surface area contributed by atoms with Crippen molar-refractivity contribution in [3.05, 3.63) is 64.2 Å². The molecule has 2 aromatic carbocycles. The van der Waals surface area contributed by atoms with Crippen molar-refractivity contribution in [1.82, 2.24) is 9.55 Å². The number of aryl methyl sites for hydroxylation is 1. The summed E-state index contributed by atoms with van der Waals surface area (Å²) in [6, 6.07) is 10.7. The maximum Gasteiger partial charge on any atom is 0.261 e. The molecule has 0 bridgehead atoms. The quantitative estimate of drug-likeness (QED) is 0.658. The first-order valence-electron chi connectivity index (χ1n) is 9.84. The highest BCUT2D eigenvalue weighted by Gasteiger charge is 2.15. The summed E-state index contributed by atoms with van der Waals surface area (Å²) in [7, 11) is 3.11. The number of methoxy groups -OCH3 is 2. The van der Waals surface area contributed by atoms with E-state index < -0.39 is 0 Å². The molecule has 7 nitrogen and oxygen atoms in total. The first-order chi connectivity index (χ1) is 14.6. The molecule has 1 N–H and O–H groups in total. The molecule has 0 saturated heterocycles. The zero-order chi connectivity index (χ0) is 21.1. The van der Waals surface area contributed by atoms with Gasteiger partial charge in [0.25, 0.3) is 5.56 Å². The molecular weight excluding hydrogens is 382 g/mol. The van der Waals surface area contributed by atoms with E-state index >= 15 is 0 Å². The molecule has 1 aliphatic rings. The Labute approximate surface area is 174 Å². The third-order valence-corrected chi connectivity index (χ3v) is 5.18. The Morgan fingerprint density at radius 3 is 2.83 bits per heavy atom. The lowest BCUT2D eigenvalue weighted by molar-refractivity contribution is -0.111. The van der Waals surface area contributed by atoms with Crippen LogP contribution in [0.1, 0.15) is 24.2 Å². The third-order valence-electron chi connectivity index (χ3n) is 5.18. The number of aromatic nitrogens is 2. The van der Waals surface area contributed by atoms with E-state index in [-0.39, 0.29) is 11.5 Å². The monoisotopic (exact) mass is 405 g/mol. The maximum atomic E-state index is 12.8. The van der Waals surface area contributed by atoms with E-state index in [1.54, 1.807) is 49.1 Å². The molecule has 1 aliphatic heterocycles. The Bertz CT molecular complexity index is 1200. The van der Waals surface area contributed by atoms with Gasteiger partial charge in [-0.1, -0.05) is 12.1 Å². The number of fused-ring (bicyclic) bond motifs is 2. The van der Waals surface area contributed by atoms with Gasteiger partial charge in [-0.05, 0) is 43.2 Å². The predicted molar refractivity (Wildman–Crippen MR) is 116 cm³/mol. The molecule has 7 heteroatoms. The van der Waals surface area contributed by atoms with E-state index in [9.17, 15) is 9.59 Å². The van der Waals surface area contributed by atoms with Gasteiger partial charge in [-0.15, -0.1) is 0 Å². The molecule has 0 aliphatic carbocycles. The average Bonchev–Trinajstić information content (AvgIpc) is 2.78. The molecule has 1 amide bonds. The van der Waals surface area contributed by atoms with Crippen molar-refractivity contribution >= 4 is 28.6 Å². The van der Waals surface area contributed by atoms with Crippen LogP contribution in [0.15, 0.2) is 47.3 Å². The highest BCUT2D eigenvalue weighted by Crippen LogP contribution is 2.31. The van der Waals surface area contributed by atoms with E-state index in [4.69, 9.17) is 9.47 Å². The number of carbonyl (C=O) groups is 1. The number of benzene rings is 2. The number of para-hydroxylation sites is 1. The van der Waals surface area contributed by atoms with Crippen LogP contribution in [0.25, 0.3) is 17.0 Å². The van der Waals surface area contributed by atoms with Crippen LogP contribution in [0.5, 0.6) is 11.5 Å². The van der Waals surface area contributed by atoms with Crippen molar-refractivity contribution < 1.29 is 14.3 Å². The fraction of sp³-hybridized carbons (Fsp3) is 0.261. The van der Waals surface area contributed by atoms with Crippen LogP contribution >= 0.6 is 0 Å². The van der Waals surface area contributed by atoms with Crippen LogP contribution in [-0.2, 0) is 17.8 Å². The van der Waals surface area contributed by atoms with Crippen molar-refractivity contribution in [3.8, 4) is 11.5 Å². The minimum Gasteiger partial charge on any atom is -0.493 e. The van der Waals surface area contributed by atoms with Gasteiger partial charge in [-0.2, -0.15) is 0 Å². The molecule has 0 fully saturated rings. The maximum absolute atomic E-state index is 12.8. The van der Waals surface area contributed by atoms with Gasteiger partial charge in [0.05, 0.1) is 25.1 Å². The van der Waals surface area contributed by atoms with Crippen LogP contribution in [0.3, 0.4) is 0 Å². The third kappa shape index (κ3) is 3.78. The van der Waals surface area contributed by atoms with Crippen molar-refractivity contribution in [3.63, 3.8) is 0 Å². The van der Waals surface area contributed by atoms with Gasteiger partial charge in [0, 0.05) is 30.3 Å². The number of ether oxygens (including phenoxy) is 2. The van der Waals surface area contributed by atoms with Crippen molar-refractivity contribution in [2.45, 2.75) is 25.8 Å². The number of amides is 1. The van der Waals surface area contributed by atoms with Gasteiger partial charge in [0.2, 0.25) is 5.91 Å². The first-order valence-corrected chi connectivity index (χ1v) is 9.84. The molecule has 0 saturated carbocycles. The number of anilines is 1. The van der Waals surface area contributed by atoms with E-state index in [0.717, 1.165) is 30.7 Å². The van der Waals surface area contributed by atoms with Gasteiger partial charge >= 0.3 is 0 Å². The van der Waals surface area contributed by atoms with E-state index in [1.807, 2.05) is 12.1 Å². The molecule has 2 heterocycles. The normalized spacial score (nSPS) is 13.3. The summed E-state index contributed by atoms with van der Waals surface area (Å²) in [5.41, 5.74) is 1.87. The standard InChI is InChI=1S/C23H23N3O4/c1-29-19-7-5-6-15(22(19)30-2)9-12-21(27)24-16-10-11-18-17(14-16)23(28)26-13-4-3-8-20(26)25-18/h5-7,9-12,14H,3-4,8,13H2,1-2H3,(H,24,27). The van der Waals surface area contributed by atoms with Crippen molar-refractivity contribution in [1.29, 1.82) is 0 Å². The second-order valence-corrected chi connectivity index (χ2v) is 7.08. The summed E-state index contributed by atoms with van der Waals surface area (Å²) < 4.78 is 12.4. The minimum atomic E-state index is -0.315. The summed E-state index contributed by atoms with van der Waals surface area (Å²) in [5.74, 6) is 1.67. The molecule has 30 heavy (non-hydrogen) atoms. The van der Waals surface area contributed by atoms with Crippen LogP contribution in [-0.4, -0.2) is 29.7 Å². The van der Waals surface area contributed by atoms with Gasteiger partial charge in [-0.25, -0.2) is 4.98 Å². The zero-order valence-electron chi connectivity index (χ0n) is 17.0. The number of rotatable bonds is 5. The zero-order valence-corrected chi connectivity index (χ0v) is 17.0. The number of hydrogen-bond acceptors (Lipinski definition) is 5. The lowest BCUT2D eigenvalue weighted by atomic mass is 10.1. The number of hydrogen-bond donors (Lipinski definition) is 1. The second-order valence-electron chi connectivity index (χ2n) is 7.08. The van der Waals surface area contributed by atoms with Gasteiger partial charge < -0.3 is 14.8 Å². The fourth-order valence-corrected chi connectivity index (χ4v) is 3.71. The lowest BCUT2D eigenvalue weighted by Gasteiger charge is -2.17. The van der Waals surface area contributed by atoms with E-state index in [1.165, 1.54) is 6.08 Å². The first kappa shape index (κ1) is 19.7. The van der Waals surface area contributed by atoms with Crippen LogP contribution < -0.4 is 20.3 Å². The topological polar surface area (TPSA) is 82.5 Å².